The molecule has 19 heavy (non-hydrogen) atoms. The Labute approximate surface area is 114 Å². The van der Waals surface area contributed by atoms with E-state index in [0.29, 0.717) is 11.3 Å². The molecule has 1 rings (SSSR count). The van der Waals surface area contributed by atoms with Crippen LogP contribution in [-0.2, 0) is 25.6 Å². The Morgan fingerprint density at radius 2 is 1.84 bits per heavy atom. The first-order valence-corrected chi connectivity index (χ1v) is 9.23. The predicted molar refractivity (Wildman–Crippen MR) is 75.8 cm³/mol. The summed E-state index contributed by atoms with van der Waals surface area (Å²) in [6.07, 6.45) is 1.07. The zero-order chi connectivity index (χ0) is 14.7. The van der Waals surface area contributed by atoms with Gasteiger partial charge in [0.05, 0.1) is 11.5 Å². The van der Waals surface area contributed by atoms with E-state index in [1.807, 2.05) is 0 Å². The number of benzene rings is 1. The highest BCUT2D eigenvalue weighted by atomic mass is 32.2. The van der Waals surface area contributed by atoms with Crippen LogP contribution in [-0.4, -0.2) is 46.7 Å². The van der Waals surface area contributed by atoms with E-state index in [0.717, 1.165) is 10.6 Å². The smallest absolute Gasteiger partial charge is 0.218 e. The molecule has 0 aromatic heterocycles. The fourth-order valence-electron chi connectivity index (χ4n) is 1.44. The quantitative estimate of drug-likeness (QED) is 0.750. The SMILES string of the molecule is CN(CCS(C)(=O)=O)S(=O)(=O)Cc1cccc(N)c1. The lowest BCUT2D eigenvalue weighted by molar-refractivity contribution is 0.484. The predicted octanol–water partition coefficient (Wildman–Crippen LogP) is 0.0750. The second-order valence-corrected chi connectivity index (χ2v) is 8.79. The largest absolute Gasteiger partial charge is 0.399 e. The van der Waals surface area contributed by atoms with E-state index in [9.17, 15) is 16.8 Å². The molecule has 0 heterocycles. The summed E-state index contributed by atoms with van der Waals surface area (Å²) in [5, 5.41) is 0. The van der Waals surface area contributed by atoms with Crippen LogP contribution >= 0.6 is 0 Å². The lowest BCUT2D eigenvalue weighted by Gasteiger charge is -2.16. The fourth-order valence-corrected chi connectivity index (χ4v) is 3.35. The summed E-state index contributed by atoms with van der Waals surface area (Å²) in [4.78, 5) is 0. The van der Waals surface area contributed by atoms with Crippen molar-refractivity contribution in [3.63, 3.8) is 0 Å². The van der Waals surface area contributed by atoms with Gasteiger partial charge >= 0.3 is 0 Å². The summed E-state index contributed by atoms with van der Waals surface area (Å²) in [6.45, 7) is -0.0521. The van der Waals surface area contributed by atoms with Gasteiger partial charge in [0.2, 0.25) is 10.0 Å². The molecule has 0 aliphatic heterocycles. The Morgan fingerprint density at radius 3 is 2.37 bits per heavy atom. The molecule has 2 N–H and O–H groups in total. The van der Waals surface area contributed by atoms with Crippen molar-refractivity contribution in [2.75, 3.05) is 31.3 Å². The molecule has 1 aromatic carbocycles. The van der Waals surface area contributed by atoms with Crippen molar-refractivity contribution in [3.8, 4) is 0 Å². The molecule has 6 nitrogen and oxygen atoms in total. The monoisotopic (exact) mass is 306 g/mol. The fraction of sp³-hybridized carbons (Fsp3) is 0.455. The van der Waals surface area contributed by atoms with Gasteiger partial charge in [-0.3, -0.25) is 0 Å². The van der Waals surface area contributed by atoms with E-state index < -0.39 is 19.9 Å². The average molecular weight is 306 g/mol. The van der Waals surface area contributed by atoms with E-state index in [1.165, 1.54) is 7.05 Å². The van der Waals surface area contributed by atoms with Gasteiger partial charge in [0.15, 0.2) is 0 Å². The molecule has 8 heteroatoms. The highest BCUT2D eigenvalue weighted by molar-refractivity contribution is 7.90. The standard InChI is InChI=1S/C11H18N2O4S2/c1-13(6-7-18(2,14)15)19(16,17)9-10-4-3-5-11(12)8-10/h3-5,8H,6-7,9,12H2,1-2H3. The molecule has 108 valence electrons. The highest BCUT2D eigenvalue weighted by Gasteiger charge is 2.19. The van der Waals surface area contributed by atoms with Crippen LogP contribution in [0.2, 0.25) is 0 Å². The van der Waals surface area contributed by atoms with Crippen molar-refractivity contribution in [2.24, 2.45) is 0 Å². The third-order valence-electron chi connectivity index (χ3n) is 2.55. The second-order valence-electron chi connectivity index (χ2n) is 4.45. The zero-order valence-corrected chi connectivity index (χ0v) is 12.5. The minimum Gasteiger partial charge on any atom is -0.399 e. The Hall–Kier alpha value is -1.12. The van der Waals surface area contributed by atoms with Crippen molar-refractivity contribution >= 4 is 25.5 Å². The molecule has 0 aliphatic rings. The maximum atomic E-state index is 12.0. The van der Waals surface area contributed by atoms with Crippen LogP contribution in [0.25, 0.3) is 0 Å². The summed E-state index contributed by atoms with van der Waals surface area (Å²) in [6, 6.07) is 6.60. The number of anilines is 1. The number of sulfone groups is 1. The molecular formula is C11H18N2O4S2. The first-order valence-electron chi connectivity index (χ1n) is 5.56. The van der Waals surface area contributed by atoms with Crippen LogP contribution in [0.3, 0.4) is 0 Å². The van der Waals surface area contributed by atoms with Crippen molar-refractivity contribution < 1.29 is 16.8 Å². The number of nitrogens with zero attached hydrogens (tertiary/aromatic N) is 1. The molecule has 0 bridgehead atoms. The van der Waals surface area contributed by atoms with E-state index in [1.54, 1.807) is 24.3 Å². The molecule has 0 saturated carbocycles. The third kappa shape index (κ3) is 5.58. The number of sulfonamides is 1. The second kappa shape index (κ2) is 5.89. The van der Waals surface area contributed by atoms with Crippen molar-refractivity contribution in [1.82, 2.24) is 4.31 Å². The van der Waals surface area contributed by atoms with Gasteiger partial charge in [-0.2, -0.15) is 0 Å². The maximum Gasteiger partial charge on any atom is 0.218 e. The Balaban J connectivity index is 2.75. The van der Waals surface area contributed by atoms with Gasteiger partial charge in [0.25, 0.3) is 0 Å². The van der Waals surface area contributed by atoms with Crippen molar-refractivity contribution in [2.45, 2.75) is 5.75 Å². The number of hydrogen-bond acceptors (Lipinski definition) is 5. The number of nitrogen functional groups attached to an aromatic ring is 1. The summed E-state index contributed by atoms with van der Waals surface area (Å²) in [5.74, 6) is -0.391. The van der Waals surface area contributed by atoms with Crippen molar-refractivity contribution in [1.29, 1.82) is 0 Å². The van der Waals surface area contributed by atoms with Crippen LogP contribution in [0, 0.1) is 0 Å². The molecule has 0 unspecified atom stereocenters. The van der Waals surface area contributed by atoms with E-state index in [-0.39, 0.29) is 18.1 Å². The number of nitrogens with two attached hydrogens (primary N) is 1. The average Bonchev–Trinajstić information content (AvgIpc) is 2.24. The van der Waals surface area contributed by atoms with Crippen LogP contribution in [0.5, 0.6) is 0 Å². The summed E-state index contributed by atoms with van der Waals surface area (Å²) in [5.41, 5.74) is 6.65. The van der Waals surface area contributed by atoms with Gasteiger partial charge in [0, 0.05) is 25.5 Å². The van der Waals surface area contributed by atoms with Crippen molar-refractivity contribution in [3.05, 3.63) is 29.8 Å². The van der Waals surface area contributed by atoms with Gasteiger partial charge in [-0.25, -0.2) is 21.1 Å². The van der Waals surface area contributed by atoms with E-state index in [4.69, 9.17) is 5.73 Å². The highest BCUT2D eigenvalue weighted by Crippen LogP contribution is 2.12. The van der Waals surface area contributed by atoms with Crippen LogP contribution in [0.15, 0.2) is 24.3 Å². The Bertz CT molecular complexity index is 638. The Morgan fingerprint density at radius 1 is 1.21 bits per heavy atom. The maximum absolute atomic E-state index is 12.0. The zero-order valence-electron chi connectivity index (χ0n) is 10.9. The van der Waals surface area contributed by atoms with Gasteiger partial charge in [0.1, 0.15) is 9.84 Å². The summed E-state index contributed by atoms with van der Waals surface area (Å²) >= 11 is 0. The van der Waals surface area contributed by atoms with Crippen LogP contribution in [0.4, 0.5) is 5.69 Å². The van der Waals surface area contributed by atoms with E-state index >= 15 is 0 Å². The minimum absolute atomic E-state index is 0.0521. The van der Waals surface area contributed by atoms with E-state index in [2.05, 4.69) is 0 Å². The van der Waals surface area contributed by atoms with Gasteiger partial charge in [-0.05, 0) is 17.7 Å². The molecule has 0 fully saturated rings. The molecule has 0 radical (unpaired) electrons. The summed E-state index contributed by atoms with van der Waals surface area (Å²) < 4.78 is 47.1. The molecule has 0 aliphatic carbocycles. The first-order chi connectivity index (χ1) is 8.60. The number of hydrogen-bond donors (Lipinski definition) is 1. The molecule has 0 spiro atoms. The lowest BCUT2D eigenvalue weighted by Crippen LogP contribution is -2.32. The minimum atomic E-state index is -3.54. The van der Waals surface area contributed by atoms with Gasteiger partial charge in [-0.1, -0.05) is 12.1 Å². The van der Waals surface area contributed by atoms with Gasteiger partial charge in [-0.15, -0.1) is 0 Å². The van der Waals surface area contributed by atoms with Crippen LogP contribution in [0.1, 0.15) is 5.56 Å². The first kappa shape index (κ1) is 15.9. The topological polar surface area (TPSA) is 97.5 Å². The lowest BCUT2D eigenvalue weighted by atomic mass is 10.2. The number of rotatable bonds is 6. The molecular weight excluding hydrogens is 288 g/mol. The third-order valence-corrected chi connectivity index (χ3v) is 5.31. The molecule has 0 atom stereocenters. The molecule has 1 aromatic rings. The summed E-state index contributed by atoms with van der Waals surface area (Å²) in [7, 11) is -5.36. The normalized spacial score (nSPS) is 12.8. The Kier molecular flexibility index (Phi) is 4.94. The molecule has 0 amide bonds. The molecule has 0 saturated heterocycles. The van der Waals surface area contributed by atoms with Gasteiger partial charge < -0.3 is 5.73 Å². The van der Waals surface area contributed by atoms with Crippen LogP contribution < -0.4 is 5.73 Å².